The van der Waals surface area contributed by atoms with Crippen LogP contribution in [0, 0.1) is 11.8 Å². The molecular formula is C27H34O4. The lowest BCUT2D eigenvalue weighted by molar-refractivity contribution is -0.227. The molecule has 2 aliphatic heterocycles. The molecule has 1 aromatic rings. The summed E-state index contributed by atoms with van der Waals surface area (Å²) in [4.78, 5) is 13.0. The van der Waals surface area contributed by atoms with E-state index in [2.05, 4.69) is 13.8 Å². The van der Waals surface area contributed by atoms with E-state index in [1.165, 1.54) is 36.5 Å². The van der Waals surface area contributed by atoms with Crippen LogP contribution in [0.25, 0.3) is 6.08 Å². The Morgan fingerprint density at radius 3 is 2.65 bits per heavy atom. The second-order valence-corrected chi connectivity index (χ2v) is 10.2. The number of aliphatic hydroxyl groups is 1. The Labute approximate surface area is 185 Å². The minimum Gasteiger partial charge on any atom is -0.452 e. The van der Waals surface area contributed by atoms with E-state index in [0.717, 1.165) is 31.2 Å². The van der Waals surface area contributed by atoms with Gasteiger partial charge in [0, 0.05) is 18.4 Å². The van der Waals surface area contributed by atoms with Gasteiger partial charge in [-0.1, -0.05) is 55.2 Å². The first-order valence-corrected chi connectivity index (χ1v) is 12.0. The van der Waals surface area contributed by atoms with Crippen molar-refractivity contribution < 1.29 is 19.4 Å². The fraction of sp³-hybridized carbons (Fsp3) is 0.593. The molecule has 3 fully saturated rings. The minimum atomic E-state index is -0.609. The van der Waals surface area contributed by atoms with E-state index in [-0.39, 0.29) is 11.9 Å². The van der Waals surface area contributed by atoms with Crippen LogP contribution in [0.5, 0.6) is 0 Å². The van der Waals surface area contributed by atoms with Crippen LogP contribution in [0.4, 0.5) is 0 Å². The van der Waals surface area contributed by atoms with Crippen molar-refractivity contribution in [3.8, 4) is 0 Å². The maximum Gasteiger partial charge on any atom is 0.331 e. The number of fused-ring (bicyclic) bond motifs is 4. The van der Waals surface area contributed by atoms with Gasteiger partial charge in [0.05, 0.1) is 11.7 Å². The van der Waals surface area contributed by atoms with Gasteiger partial charge in [0.2, 0.25) is 0 Å². The summed E-state index contributed by atoms with van der Waals surface area (Å²) >= 11 is 0. The van der Waals surface area contributed by atoms with Gasteiger partial charge in [-0.2, -0.15) is 0 Å². The summed E-state index contributed by atoms with van der Waals surface area (Å²) in [7, 11) is 0. The van der Waals surface area contributed by atoms with Crippen molar-refractivity contribution in [1.29, 1.82) is 0 Å². The second kappa shape index (κ2) is 7.90. The molecule has 1 saturated carbocycles. The van der Waals surface area contributed by atoms with Crippen LogP contribution in [0.1, 0.15) is 70.8 Å². The molecule has 1 N–H and O–H groups in total. The van der Waals surface area contributed by atoms with Gasteiger partial charge in [-0.25, -0.2) is 4.79 Å². The summed E-state index contributed by atoms with van der Waals surface area (Å²) in [6.45, 7) is 4.25. The molecule has 5 rings (SSSR count). The third kappa shape index (κ3) is 3.39. The summed E-state index contributed by atoms with van der Waals surface area (Å²) in [6.07, 6.45) is 10.7. The molecule has 5 atom stereocenters. The largest absolute Gasteiger partial charge is 0.452 e. The van der Waals surface area contributed by atoms with Gasteiger partial charge in [0.25, 0.3) is 0 Å². The Bertz CT molecular complexity index is 897. The van der Waals surface area contributed by atoms with Gasteiger partial charge in [0.1, 0.15) is 5.60 Å². The van der Waals surface area contributed by atoms with E-state index in [1.54, 1.807) is 6.08 Å². The molecule has 2 heterocycles. The molecular weight excluding hydrogens is 388 g/mol. The average molecular weight is 423 g/mol. The van der Waals surface area contributed by atoms with E-state index >= 15 is 0 Å². The topological polar surface area (TPSA) is 55.8 Å². The second-order valence-electron chi connectivity index (χ2n) is 10.2. The zero-order valence-electron chi connectivity index (χ0n) is 18.7. The summed E-state index contributed by atoms with van der Waals surface area (Å²) in [5, 5.41) is 11.2. The first-order chi connectivity index (χ1) is 14.9. The number of allylic oxidation sites excluding steroid dienone is 1. The highest BCUT2D eigenvalue weighted by molar-refractivity contribution is 5.87. The van der Waals surface area contributed by atoms with Crippen LogP contribution in [0.3, 0.4) is 0 Å². The molecule has 0 radical (unpaired) electrons. The van der Waals surface area contributed by atoms with Crippen molar-refractivity contribution in [2.24, 2.45) is 11.8 Å². The first kappa shape index (κ1) is 21.0. The first-order valence-electron chi connectivity index (χ1n) is 12.0. The molecule has 0 spiro atoms. The van der Waals surface area contributed by atoms with Crippen LogP contribution in [-0.2, 0) is 14.3 Å². The smallest absolute Gasteiger partial charge is 0.331 e. The third-order valence-corrected chi connectivity index (χ3v) is 8.42. The zero-order valence-corrected chi connectivity index (χ0v) is 18.7. The maximum absolute atomic E-state index is 13.0. The van der Waals surface area contributed by atoms with E-state index in [4.69, 9.17) is 9.47 Å². The van der Waals surface area contributed by atoms with Crippen LogP contribution in [0.15, 0.2) is 47.6 Å². The van der Waals surface area contributed by atoms with Crippen LogP contribution in [-0.4, -0.2) is 34.5 Å². The third-order valence-electron chi connectivity index (χ3n) is 8.42. The highest BCUT2D eigenvalue weighted by Gasteiger charge is 2.69. The van der Waals surface area contributed by atoms with Gasteiger partial charge in [-0.3, -0.25) is 0 Å². The Hall–Kier alpha value is -1.91. The van der Waals surface area contributed by atoms with Crippen LogP contribution in [0.2, 0.25) is 0 Å². The lowest BCUT2D eigenvalue weighted by atomic mass is 9.69. The number of carbonyl (C=O) groups is 1. The number of hydrogen-bond donors (Lipinski definition) is 1. The number of carbonyl (C=O) groups excluding carboxylic acids is 1. The molecule has 4 aliphatic rings. The Balaban J connectivity index is 1.50. The van der Waals surface area contributed by atoms with Crippen molar-refractivity contribution in [2.45, 2.75) is 88.6 Å². The lowest BCUT2D eigenvalue weighted by Gasteiger charge is -2.52. The molecule has 1 aromatic carbocycles. The molecule has 2 bridgehead atoms. The molecule has 166 valence electrons. The number of esters is 1. The number of benzene rings is 1. The summed E-state index contributed by atoms with van der Waals surface area (Å²) in [5.74, 6) is 0.108. The van der Waals surface area contributed by atoms with E-state index in [0.29, 0.717) is 12.3 Å². The lowest BCUT2D eigenvalue weighted by Crippen LogP contribution is -2.59. The van der Waals surface area contributed by atoms with Gasteiger partial charge in [0.15, 0.2) is 6.10 Å². The van der Waals surface area contributed by atoms with E-state index in [9.17, 15) is 9.90 Å². The van der Waals surface area contributed by atoms with Crippen molar-refractivity contribution in [2.75, 3.05) is 0 Å². The zero-order chi connectivity index (χ0) is 21.6. The normalized spacial score (nSPS) is 38.0. The summed E-state index contributed by atoms with van der Waals surface area (Å²) in [5.41, 5.74) is 2.34. The number of hydrogen-bond acceptors (Lipinski definition) is 4. The Morgan fingerprint density at radius 2 is 1.90 bits per heavy atom. The van der Waals surface area contributed by atoms with Gasteiger partial charge in [-0.15, -0.1) is 0 Å². The maximum atomic E-state index is 13.0. The van der Waals surface area contributed by atoms with E-state index in [1.807, 2.05) is 30.3 Å². The Kier molecular flexibility index (Phi) is 5.34. The highest BCUT2D eigenvalue weighted by atomic mass is 16.6. The minimum absolute atomic E-state index is 0.123. The fourth-order valence-corrected chi connectivity index (χ4v) is 6.81. The number of ether oxygens (including phenoxy) is 2. The van der Waals surface area contributed by atoms with Crippen molar-refractivity contribution in [3.63, 3.8) is 0 Å². The quantitative estimate of drug-likeness (QED) is 0.411. The van der Waals surface area contributed by atoms with E-state index < -0.39 is 23.4 Å². The van der Waals surface area contributed by atoms with Crippen molar-refractivity contribution in [1.82, 2.24) is 0 Å². The summed E-state index contributed by atoms with van der Waals surface area (Å²) < 4.78 is 13.1. The van der Waals surface area contributed by atoms with Crippen LogP contribution < -0.4 is 0 Å². The molecule has 0 unspecified atom stereocenters. The number of rotatable bonds is 4. The van der Waals surface area contributed by atoms with Gasteiger partial charge < -0.3 is 14.6 Å². The summed E-state index contributed by atoms with van der Waals surface area (Å²) in [6, 6.07) is 9.80. The fourth-order valence-electron chi connectivity index (χ4n) is 6.81. The SMILES string of the molecule is CC1=C2[C@@H](CC1)[C@]1(C)O[C@@](C3CCCCC3)(C[C@H]1O)[C@H]2OC(=O)C=Cc1ccccc1. The van der Waals surface area contributed by atoms with Crippen LogP contribution >= 0.6 is 0 Å². The van der Waals surface area contributed by atoms with Crippen molar-refractivity contribution >= 4 is 12.0 Å². The molecule has 4 heteroatoms. The number of aliphatic hydroxyl groups excluding tert-OH is 1. The molecule has 0 aromatic heterocycles. The standard InChI is InChI=1S/C27H34O4/c1-18-13-15-21-24(18)25(30-23(29)16-14-19-9-5-3-6-10-19)27(20-11-7-4-8-12-20)17-22(28)26(21,2)31-27/h3,5-6,9-10,14,16,20-22,25,28H,4,7-8,11-13,15,17H2,1-2H3/t21-,22-,25+,26+,27-/m1/s1. The van der Waals surface area contributed by atoms with Gasteiger partial charge >= 0.3 is 5.97 Å². The monoisotopic (exact) mass is 422 g/mol. The van der Waals surface area contributed by atoms with Gasteiger partial charge in [-0.05, 0) is 62.7 Å². The molecule has 2 aliphatic carbocycles. The molecule has 0 amide bonds. The van der Waals surface area contributed by atoms with Crippen molar-refractivity contribution in [3.05, 3.63) is 53.1 Å². The molecule has 2 saturated heterocycles. The Morgan fingerprint density at radius 1 is 1.16 bits per heavy atom. The molecule has 4 nitrogen and oxygen atoms in total. The predicted molar refractivity (Wildman–Crippen MR) is 120 cm³/mol. The highest BCUT2D eigenvalue weighted by Crippen LogP contribution is 2.62. The molecule has 31 heavy (non-hydrogen) atoms. The average Bonchev–Trinajstić information content (AvgIpc) is 3.29. The predicted octanol–water partition coefficient (Wildman–Crippen LogP) is 5.21.